The van der Waals surface area contributed by atoms with Crippen molar-refractivity contribution in [3.63, 3.8) is 0 Å². The summed E-state index contributed by atoms with van der Waals surface area (Å²) in [6.07, 6.45) is 1.58. The molecule has 3 aromatic heterocycles. The van der Waals surface area contributed by atoms with Gasteiger partial charge in [0, 0.05) is 18.7 Å². The van der Waals surface area contributed by atoms with Crippen LogP contribution in [0.15, 0.2) is 21.5 Å². The lowest BCUT2D eigenvalue weighted by Gasteiger charge is -2.20. The van der Waals surface area contributed by atoms with Gasteiger partial charge in [-0.3, -0.25) is 9.59 Å². The fourth-order valence-electron chi connectivity index (χ4n) is 2.74. The molecule has 0 aliphatic carbocycles. The van der Waals surface area contributed by atoms with Gasteiger partial charge in [-0.15, -0.1) is 0 Å². The van der Waals surface area contributed by atoms with E-state index < -0.39 is 0 Å². The van der Waals surface area contributed by atoms with Crippen molar-refractivity contribution in [2.24, 2.45) is 7.05 Å². The van der Waals surface area contributed by atoms with Crippen LogP contribution in [0.3, 0.4) is 0 Å². The number of aromatic nitrogens is 3. The van der Waals surface area contributed by atoms with E-state index >= 15 is 0 Å². The molecule has 0 aromatic carbocycles. The van der Waals surface area contributed by atoms with E-state index in [0.717, 1.165) is 11.3 Å². The van der Waals surface area contributed by atoms with Gasteiger partial charge >= 0.3 is 0 Å². The Labute approximate surface area is 132 Å². The van der Waals surface area contributed by atoms with Gasteiger partial charge in [-0.1, -0.05) is 0 Å². The van der Waals surface area contributed by atoms with Crippen molar-refractivity contribution in [3.8, 4) is 0 Å². The number of rotatable bonds is 2. The molecule has 0 aliphatic rings. The normalized spacial score (nSPS) is 12.2. The second kappa shape index (κ2) is 4.97. The summed E-state index contributed by atoms with van der Waals surface area (Å²) in [5.74, 6) is 0.529. The molecule has 0 fully saturated rings. The molecule has 0 bridgehead atoms. The van der Waals surface area contributed by atoms with Gasteiger partial charge in [0.25, 0.3) is 5.56 Å². The maximum Gasteiger partial charge on any atom is 0.291 e. The van der Waals surface area contributed by atoms with Crippen LogP contribution in [0.5, 0.6) is 0 Å². The van der Waals surface area contributed by atoms with Gasteiger partial charge in [0.05, 0.1) is 17.1 Å². The maximum absolute atomic E-state index is 12.7. The van der Waals surface area contributed by atoms with Crippen molar-refractivity contribution in [1.82, 2.24) is 19.7 Å². The van der Waals surface area contributed by atoms with Crippen molar-refractivity contribution >= 4 is 27.9 Å². The van der Waals surface area contributed by atoms with E-state index in [1.807, 2.05) is 33.8 Å². The molecule has 23 heavy (non-hydrogen) atoms. The predicted octanol–water partition coefficient (Wildman–Crippen LogP) is 1.70. The van der Waals surface area contributed by atoms with Gasteiger partial charge in [0.2, 0.25) is 5.91 Å². The minimum absolute atomic E-state index is 0.113. The Morgan fingerprint density at radius 3 is 2.74 bits per heavy atom. The molecule has 0 spiro atoms. The Kier molecular flexibility index (Phi) is 3.31. The zero-order chi connectivity index (χ0) is 16.9. The summed E-state index contributed by atoms with van der Waals surface area (Å²) >= 11 is 0. The van der Waals surface area contributed by atoms with Crippen LogP contribution in [0.25, 0.3) is 22.0 Å². The molecule has 0 saturated carbocycles. The van der Waals surface area contributed by atoms with Crippen LogP contribution in [0.1, 0.15) is 26.5 Å². The molecule has 0 unspecified atom stereocenters. The van der Waals surface area contributed by atoms with Crippen LogP contribution in [-0.2, 0) is 18.4 Å². The first kappa shape index (κ1) is 15.3. The number of carbonyl (C=O) groups excluding carboxylic acids is 1. The molecule has 7 nitrogen and oxygen atoms in total. The topological polar surface area (TPSA) is 82.1 Å². The van der Waals surface area contributed by atoms with E-state index in [1.54, 1.807) is 17.8 Å². The number of furan rings is 1. The van der Waals surface area contributed by atoms with Crippen molar-refractivity contribution in [2.75, 3.05) is 0 Å². The highest BCUT2D eigenvalue weighted by molar-refractivity contribution is 6.04. The molecular weight excluding hydrogens is 296 g/mol. The summed E-state index contributed by atoms with van der Waals surface area (Å²) in [5.41, 5.74) is 1.31. The molecule has 3 rings (SSSR count). The average molecular weight is 316 g/mol. The SMILES string of the molecule is Cc1cc2c(o1)c1cnn(CC(=O)NC(C)(C)C)c(=O)c1n2C. The molecular formula is C16H20N4O3. The van der Waals surface area contributed by atoms with Crippen LogP contribution in [0, 0.1) is 6.92 Å². The third-order valence-corrected chi connectivity index (χ3v) is 3.60. The van der Waals surface area contributed by atoms with Gasteiger partial charge in [0.15, 0.2) is 5.58 Å². The van der Waals surface area contributed by atoms with E-state index in [1.165, 1.54) is 4.68 Å². The van der Waals surface area contributed by atoms with E-state index in [9.17, 15) is 9.59 Å². The summed E-state index contributed by atoms with van der Waals surface area (Å²) in [4.78, 5) is 24.7. The first-order valence-corrected chi connectivity index (χ1v) is 7.43. The Bertz CT molecular complexity index is 969. The van der Waals surface area contributed by atoms with Gasteiger partial charge in [-0.2, -0.15) is 5.10 Å². The quantitative estimate of drug-likeness (QED) is 0.780. The van der Waals surface area contributed by atoms with E-state index in [-0.39, 0.29) is 23.6 Å². The van der Waals surface area contributed by atoms with Gasteiger partial charge in [-0.25, -0.2) is 4.68 Å². The molecule has 0 radical (unpaired) electrons. The number of hydrogen-bond acceptors (Lipinski definition) is 4. The molecule has 7 heteroatoms. The summed E-state index contributed by atoms with van der Waals surface area (Å²) in [6.45, 7) is 7.41. The minimum Gasteiger partial charge on any atom is -0.459 e. The highest BCUT2D eigenvalue weighted by Crippen LogP contribution is 2.27. The summed E-state index contributed by atoms with van der Waals surface area (Å²) in [6, 6.07) is 1.88. The van der Waals surface area contributed by atoms with E-state index in [4.69, 9.17) is 4.42 Å². The van der Waals surface area contributed by atoms with Crippen molar-refractivity contribution < 1.29 is 9.21 Å². The van der Waals surface area contributed by atoms with Crippen molar-refractivity contribution in [1.29, 1.82) is 0 Å². The molecule has 122 valence electrons. The minimum atomic E-state index is -0.354. The Balaban J connectivity index is 2.07. The Morgan fingerprint density at radius 1 is 1.39 bits per heavy atom. The number of hydrogen-bond donors (Lipinski definition) is 1. The molecule has 1 amide bonds. The number of carbonyl (C=O) groups is 1. The van der Waals surface area contributed by atoms with Crippen LogP contribution >= 0.6 is 0 Å². The summed E-state index contributed by atoms with van der Waals surface area (Å²) in [5, 5.41) is 7.60. The maximum atomic E-state index is 12.7. The van der Waals surface area contributed by atoms with Crippen molar-refractivity contribution in [3.05, 3.63) is 28.4 Å². The molecule has 1 N–H and O–H groups in total. The smallest absolute Gasteiger partial charge is 0.291 e. The van der Waals surface area contributed by atoms with Crippen molar-refractivity contribution in [2.45, 2.75) is 39.8 Å². The number of amides is 1. The fraction of sp³-hybridized carbons (Fsp3) is 0.438. The third kappa shape index (κ3) is 2.62. The second-order valence-electron chi connectivity index (χ2n) is 6.80. The highest BCUT2D eigenvalue weighted by atomic mass is 16.3. The number of fused-ring (bicyclic) bond motifs is 3. The lowest BCUT2D eigenvalue weighted by atomic mass is 10.1. The summed E-state index contributed by atoms with van der Waals surface area (Å²) in [7, 11) is 1.81. The van der Waals surface area contributed by atoms with Crippen LogP contribution in [0.2, 0.25) is 0 Å². The van der Waals surface area contributed by atoms with Gasteiger partial charge in [0.1, 0.15) is 17.8 Å². The van der Waals surface area contributed by atoms with Gasteiger partial charge in [-0.05, 0) is 27.7 Å². The average Bonchev–Trinajstić information content (AvgIpc) is 2.89. The Morgan fingerprint density at radius 2 is 2.09 bits per heavy atom. The lowest BCUT2D eigenvalue weighted by molar-refractivity contribution is -0.123. The fourth-order valence-corrected chi connectivity index (χ4v) is 2.74. The highest BCUT2D eigenvalue weighted by Gasteiger charge is 2.19. The first-order valence-electron chi connectivity index (χ1n) is 7.43. The Hall–Kier alpha value is -2.57. The van der Waals surface area contributed by atoms with Crippen LogP contribution < -0.4 is 10.9 Å². The monoisotopic (exact) mass is 316 g/mol. The van der Waals surface area contributed by atoms with Gasteiger partial charge < -0.3 is 14.3 Å². The van der Waals surface area contributed by atoms with Crippen LogP contribution in [-0.4, -0.2) is 25.8 Å². The predicted molar refractivity (Wildman–Crippen MR) is 87.4 cm³/mol. The molecule has 0 saturated heterocycles. The number of aryl methyl sites for hydroxylation is 2. The lowest BCUT2D eigenvalue weighted by Crippen LogP contribution is -2.43. The number of nitrogens with one attached hydrogen (secondary N) is 1. The largest absolute Gasteiger partial charge is 0.459 e. The van der Waals surface area contributed by atoms with E-state index in [0.29, 0.717) is 16.5 Å². The molecule has 0 atom stereocenters. The van der Waals surface area contributed by atoms with Crippen LogP contribution in [0.4, 0.5) is 0 Å². The second-order valence-corrected chi connectivity index (χ2v) is 6.80. The molecule has 0 aliphatic heterocycles. The summed E-state index contributed by atoms with van der Waals surface area (Å²) < 4.78 is 8.61. The first-order chi connectivity index (χ1) is 10.7. The standard InChI is InChI=1S/C16H20N4O3/c1-9-6-11-14(23-9)10-7-17-20(15(22)13(10)19(11)5)8-12(21)18-16(2,3)4/h6-7H,8H2,1-5H3,(H,18,21). The molecule has 3 heterocycles. The molecule has 3 aromatic rings. The number of nitrogens with zero attached hydrogens (tertiary/aromatic N) is 3. The zero-order valence-corrected chi connectivity index (χ0v) is 13.9. The third-order valence-electron chi connectivity index (χ3n) is 3.60. The zero-order valence-electron chi connectivity index (χ0n) is 13.9. The van der Waals surface area contributed by atoms with E-state index in [2.05, 4.69) is 10.4 Å².